The van der Waals surface area contributed by atoms with Gasteiger partial charge in [-0.05, 0) is 43.2 Å². The normalized spacial score (nSPS) is 16.2. The fraction of sp³-hybridized carbons (Fsp3) is 0.167. The zero-order valence-electron chi connectivity index (χ0n) is 13.1. The zero-order chi connectivity index (χ0) is 16.7. The third-order valence-electron chi connectivity index (χ3n) is 4.21. The third kappa shape index (κ3) is 2.53. The van der Waals surface area contributed by atoms with E-state index in [0.29, 0.717) is 5.69 Å². The lowest BCUT2D eigenvalue weighted by Crippen LogP contribution is -2.35. The fourth-order valence-corrected chi connectivity index (χ4v) is 3.49. The number of fused-ring (bicyclic) bond motifs is 1. The number of amides is 1. The predicted octanol–water partition coefficient (Wildman–Crippen LogP) is 3.62. The zero-order valence-corrected chi connectivity index (χ0v) is 14.6. The first-order valence-electron chi connectivity index (χ1n) is 7.73. The molecule has 120 valence electrons. The minimum atomic E-state index is -0.117. The van der Waals surface area contributed by atoms with E-state index in [4.69, 9.17) is 0 Å². The summed E-state index contributed by atoms with van der Waals surface area (Å²) in [6.45, 7) is 2.05. The Morgan fingerprint density at radius 3 is 2.88 bits per heavy atom. The molecule has 1 aliphatic rings. The highest BCUT2D eigenvalue weighted by Crippen LogP contribution is 2.32. The number of aromatic nitrogens is 3. The molecule has 1 aromatic heterocycles. The van der Waals surface area contributed by atoms with Gasteiger partial charge in [0.2, 0.25) is 0 Å². The molecule has 1 amide bonds. The number of benzene rings is 2. The van der Waals surface area contributed by atoms with E-state index in [1.54, 1.807) is 10.9 Å². The molecule has 6 heteroatoms. The van der Waals surface area contributed by atoms with E-state index in [0.717, 1.165) is 22.3 Å². The Bertz CT molecular complexity index is 921. The Kier molecular flexibility index (Phi) is 3.69. The highest BCUT2D eigenvalue weighted by Gasteiger charge is 2.32. The molecule has 1 aliphatic heterocycles. The molecule has 0 fully saturated rings. The molecule has 0 saturated heterocycles. The first kappa shape index (κ1) is 15.1. The summed E-state index contributed by atoms with van der Waals surface area (Å²) in [6, 6.07) is 15.8. The minimum Gasteiger partial charge on any atom is -0.304 e. The summed E-state index contributed by atoms with van der Waals surface area (Å²) in [7, 11) is 0. The van der Waals surface area contributed by atoms with Crippen molar-refractivity contribution in [3.8, 4) is 5.69 Å². The number of rotatable bonds is 2. The molecule has 24 heavy (non-hydrogen) atoms. The summed E-state index contributed by atoms with van der Waals surface area (Å²) in [5.74, 6) is -0.117. The van der Waals surface area contributed by atoms with E-state index in [1.165, 1.54) is 5.56 Å². The topological polar surface area (TPSA) is 51.0 Å². The van der Waals surface area contributed by atoms with E-state index in [2.05, 4.69) is 39.2 Å². The largest absolute Gasteiger partial charge is 0.304 e. The Morgan fingerprint density at radius 1 is 1.21 bits per heavy atom. The molecule has 1 atom stereocenters. The Hall–Kier alpha value is -2.47. The molecule has 0 spiro atoms. The van der Waals surface area contributed by atoms with Gasteiger partial charge in [0.15, 0.2) is 5.69 Å². The fourth-order valence-electron chi connectivity index (χ4n) is 3.11. The second-order valence-electron chi connectivity index (χ2n) is 5.89. The van der Waals surface area contributed by atoms with Crippen molar-refractivity contribution in [1.29, 1.82) is 0 Å². The standard InChI is InChI=1S/C18H15BrN4O/c1-12-9-13-5-2-3-8-17(13)23(12)18(24)16-11-22(21-20-16)15-7-4-6-14(19)10-15/h2-8,10-12H,9H2,1H3/t12-/m0/s1. The molecule has 0 aliphatic carbocycles. The van der Waals surface area contributed by atoms with Gasteiger partial charge in [0.25, 0.3) is 5.91 Å². The van der Waals surface area contributed by atoms with Crippen LogP contribution in [-0.4, -0.2) is 26.9 Å². The molecule has 0 unspecified atom stereocenters. The van der Waals surface area contributed by atoms with E-state index in [-0.39, 0.29) is 11.9 Å². The van der Waals surface area contributed by atoms with Crippen LogP contribution in [0.4, 0.5) is 5.69 Å². The monoisotopic (exact) mass is 382 g/mol. The second-order valence-corrected chi connectivity index (χ2v) is 6.80. The van der Waals surface area contributed by atoms with Crippen molar-refractivity contribution in [2.75, 3.05) is 4.90 Å². The molecule has 5 nitrogen and oxygen atoms in total. The van der Waals surface area contributed by atoms with Gasteiger partial charge in [-0.25, -0.2) is 4.68 Å². The van der Waals surface area contributed by atoms with E-state index in [9.17, 15) is 4.79 Å². The number of nitrogens with zero attached hydrogens (tertiary/aromatic N) is 4. The van der Waals surface area contributed by atoms with Gasteiger partial charge in [0.05, 0.1) is 11.9 Å². The third-order valence-corrected chi connectivity index (χ3v) is 4.70. The molecule has 0 bridgehead atoms. The number of anilines is 1. The lowest BCUT2D eigenvalue weighted by molar-refractivity contribution is 0.0976. The van der Waals surface area contributed by atoms with Crippen LogP contribution in [0.3, 0.4) is 0 Å². The maximum atomic E-state index is 12.9. The maximum Gasteiger partial charge on any atom is 0.280 e. The summed E-state index contributed by atoms with van der Waals surface area (Å²) in [6.07, 6.45) is 2.54. The molecule has 2 heterocycles. The van der Waals surface area contributed by atoms with Gasteiger partial charge in [-0.3, -0.25) is 4.79 Å². The summed E-state index contributed by atoms with van der Waals surface area (Å²) in [5, 5.41) is 8.18. The molecule has 0 radical (unpaired) electrons. The summed E-state index contributed by atoms with van der Waals surface area (Å²) >= 11 is 3.44. The van der Waals surface area contributed by atoms with Crippen LogP contribution in [-0.2, 0) is 6.42 Å². The Labute approximate surface area is 148 Å². The number of para-hydroxylation sites is 1. The molecule has 0 N–H and O–H groups in total. The highest BCUT2D eigenvalue weighted by molar-refractivity contribution is 9.10. The van der Waals surface area contributed by atoms with Crippen molar-refractivity contribution >= 4 is 27.5 Å². The maximum absolute atomic E-state index is 12.9. The molecule has 0 saturated carbocycles. The van der Waals surface area contributed by atoms with E-state index in [1.807, 2.05) is 47.4 Å². The predicted molar refractivity (Wildman–Crippen MR) is 95.5 cm³/mol. The Balaban J connectivity index is 1.67. The molecular weight excluding hydrogens is 368 g/mol. The van der Waals surface area contributed by atoms with E-state index < -0.39 is 0 Å². The smallest absolute Gasteiger partial charge is 0.280 e. The lowest BCUT2D eigenvalue weighted by atomic mass is 10.1. The number of hydrogen-bond acceptors (Lipinski definition) is 3. The second kappa shape index (κ2) is 5.87. The number of halogens is 1. The summed E-state index contributed by atoms with van der Waals surface area (Å²) < 4.78 is 2.57. The van der Waals surface area contributed by atoms with Crippen LogP contribution in [0.5, 0.6) is 0 Å². The lowest BCUT2D eigenvalue weighted by Gasteiger charge is -2.21. The van der Waals surface area contributed by atoms with Crippen molar-refractivity contribution < 1.29 is 4.79 Å². The van der Waals surface area contributed by atoms with Gasteiger partial charge in [-0.1, -0.05) is 45.4 Å². The minimum absolute atomic E-state index is 0.117. The molecule has 2 aromatic carbocycles. The van der Waals surface area contributed by atoms with Crippen LogP contribution in [0.25, 0.3) is 5.69 Å². The quantitative estimate of drug-likeness (QED) is 0.679. The average molecular weight is 383 g/mol. The van der Waals surface area contributed by atoms with E-state index >= 15 is 0 Å². The molecular formula is C18H15BrN4O. The van der Waals surface area contributed by atoms with Crippen molar-refractivity contribution in [1.82, 2.24) is 15.0 Å². The molecule has 4 rings (SSSR count). The van der Waals surface area contributed by atoms with Crippen molar-refractivity contribution in [2.24, 2.45) is 0 Å². The van der Waals surface area contributed by atoms with Gasteiger partial charge in [-0.2, -0.15) is 0 Å². The highest BCUT2D eigenvalue weighted by atomic mass is 79.9. The van der Waals surface area contributed by atoms with Gasteiger partial charge < -0.3 is 4.90 Å². The first-order chi connectivity index (χ1) is 11.6. The summed E-state index contributed by atoms with van der Waals surface area (Å²) in [4.78, 5) is 14.7. The van der Waals surface area contributed by atoms with Gasteiger partial charge >= 0.3 is 0 Å². The average Bonchev–Trinajstić information content (AvgIpc) is 3.18. The van der Waals surface area contributed by atoms with Gasteiger partial charge in [0, 0.05) is 16.2 Å². The SMILES string of the molecule is C[C@H]1Cc2ccccc2N1C(=O)c1cn(-c2cccc(Br)c2)nn1. The molecule has 3 aromatic rings. The van der Waals surface area contributed by atoms with Crippen LogP contribution < -0.4 is 4.90 Å². The van der Waals surface area contributed by atoms with Crippen LogP contribution in [0.2, 0.25) is 0 Å². The van der Waals surface area contributed by atoms with Gasteiger partial charge in [0.1, 0.15) is 0 Å². The number of carbonyl (C=O) groups is 1. The van der Waals surface area contributed by atoms with Crippen LogP contribution >= 0.6 is 15.9 Å². The van der Waals surface area contributed by atoms with Crippen molar-refractivity contribution in [3.63, 3.8) is 0 Å². The van der Waals surface area contributed by atoms with Crippen LogP contribution in [0.1, 0.15) is 23.0 Å². The van der Waals surface area contributed by atoms with Crippen molar-refractivity contribution in [2.45, 2.75) is 19.4 Å². The Morgan fingerprint density at radius 2 is 2.04 bits per heavy atom. The number of carbonyl (C=O) groups excluding carboxylic acids is 1. The summed E-state index contributed by atoms with van der Waals surface area (Å²) in [5.41, 5.74) is 3.36. The van der Waals surface area contributed by atoms with Crippen molar-refractivity contribution in [3.05, 3.63) is 70.5 Å². The van der Waals surface area contributed by atoms with Crippen LogP contribution in [0, 0.1) is 0 Å². The number of hydrogen-bond donors (Lipinski definition) is 0. The first-order valence-corrected chi connectivity index (χ1v) is 8.52. The van der Waals surface area contributed by atoms with Gasteiger partial charge in [-0.15, -0.1) is 5.10 Å². The van der Waals surface area contributed by atoms with Crippen LogP contribution in [0.15, 0.2) is 59.2 Å².